The van der Waals surface area contributed by atoms with Crippen molar-refractivity contribution >= 4 is 45.7 Å². The fourth-order valence-electron chi connectivity index (χ4n) is 3.49. The van der Waals surface area contributed by atoms with Crippen molar-refractivity contribution in [3.8, 4) is 6.07 Å². The summed E-state index contributed by atoms with van der Waals surface area (Å²) in [6, 6.07) is 26.6. The van der Waals surface area contributed by atoms with Gasteiger partial charge in [-0.3, -0.25) is 9.69 Å². The summed E-state index contributed by atoms with van der Waals surface area (Å²) in [6.45, 7) is 1.99. The van der Waals surface area contributed by atoms with Crippen molar-refractivity contribution in [1.82, 2.24) is 9.97 Å². The second-order valence-corrected chi connectivity index (χ2v) is 8.49. The second kappa shape index (κ2) is 8.73. The molecule has 160 valence electrons. The average molecular weight is 451 g/mol. The van der Waals surface area contributed by atoms with Crippen molar-refractivity contribution in [2.24, 2.45) is 10.2 Å². The van der Waals surface area contributed by atoms with Crippen LogP contribution in [-0.2, 0) is 4.79 Å². The van der Waals surface area contributed by atoms with Gasteiger partial charge in [0.05, 0.1) is 16.7 Å². The first kappa shape index (κ1) is 20.7. The first-order chi connectivity index (χ1) is 16.1. The van der Waals surface area contributed by atoms with Gasteiger partial charge in [-0.05, 0) is 43.3 Å². The van der Waals surface area contributed by atoms with E-state index in [1.807, 2.05) is 85.8 Å². The van der Waals surface area contributed by atoms with Crippen molar-refractivity contribution < 1.29 is 4.79 Å². The SMILES string of the molecule is Cc1ccc(N=NC2S/C(=C(\C#N)c3nc4ccccc4[nH]3)N(c3ccccc3)C2=O)cc1. The maximum absolute atomic E-state index is 13.4. The van der Waals surface area contributed by atoms with Gasteiger partial charge in [0, 0.05) is 5.69 Å². The van der Waals surface area contributed by atoms with Crippen LogP contribution in [0.25, 0.3) is 16.6 Å². The normalized spacial score (nSPS) is 17.6. The van der Waals surface area contributed by atoms with Gasteiger partial charge in [0.15, 0.2) is 5.82 Å². The molecule has 0 bridgehead atoms. The number of imidazole rings is 1. The van der Waals surface area contributed by atoms with Crippen LogP contribution in [0.5, 0.6) is 0 Å². The number of carbonyl (C=O) groups excluding carboxylic acids is 1. The lowest BCUT2D eigenvalue weighted by Crippen LogP contribution is -2.28. The Labute approximate surface area is 194 Å². The van der Waals surface area contributed by atoms with Gasteiger partial charge in [-0.25, -0.2) is 4.98 Å². The number of anilines is 1. The molecule has 0 spiro atoms. The Hall–Kier alpha value is -4.22. The number of H-pyrrole nitrogens is 1. The third kappa shape index (κ3) is 4.02. The molecule has 0 aliphatic carbocycles. The molecule has 1 N–H and O–H groups in total. The molecule has 1 saturated heterocycles. The first-order valence-corrected chi connectivity index (χ1v) is 11.1. The van der Waals surface area contributed by atoms with E-state index in [0.717, 1.165) is 16.6 Å². The minimum absolute atomic E-state index is 0.263. The van der Waals surface area contributed by atoms with Gasteiger partial charge in [0.25, 0.3) is 5.91 Å². The maximum Gasteiger partial charge on any atom is 0.269 e. The quantitative estimate of drug-likeness (QED) is 0.307. The van der Waals surface area contributed by atoms with Gasteiger partial charge in [0.2, 0.25) is 5.37 Å². The third-order valence-electron chi connectivity index (χ3n) is 5.14. The van der Waals surface area contributed by atoms with E-state index in [4.69, 9.17) is 0 Å². The minimum Gasteiger partial charge on any atom is -0.337 e. The zero-order chi connectivity index (χ0) is 22.8. The van der Waals surface area contributed by atoms with Crippen molar-refractivity contribution in [2.75, 3.05) is 4.90 Å². The third-order valence-corrected chi connectivity index (χ3v) is 6.27. The van der Waals surface area contributed by atoms with Crippen molar-refractivity contribution in [3.63, 3.8) is 0 Å². The number of hydrogen-bond donors (Lipinski definition) is 1. The molecule has 0 saturated carbocycles. The highest BCUT2D eigenvalue weighted by molar-refractivity contribution is 8.05. The number of thioether (sulfide) groups is 1. The molecule has 3 aromatic carbocycles. The Morgan fingerprint density at radius 1 is 1.06 bits per heavy atom. The lowest BCUT2D eigenvalue weighted by molar-refractivity contribution is -0.117. The summed E-state index contributed by atoms with van der Waals surface area (Å²) in [5, 5.41) is 18.3. The molecule has 4 aromatic rings. The number of nitrogens with zero attached hydrogens (tertiary/aromatic N) is 5. The van der Waals surface area contributed by atoms with E-state index in [1.54, 1.807) is 0 Å². The predicted octanol–water partition coefficient (Wildman–Crippen LogP) is 5.95. The number of azo groups is 1. The first-order valence-electron chi connectivity index (χ1n) is 10.3. The van der Waals surface area contributed by atoms with Crippen LogP contribution in [0, 0.1) is 18.3 Å². The van der Waals surface area contributed by atoms with E-state index in [1.165, 1.54) is 16.7 Å². The Kier molecular flexibility index (Phi) is 5.47. The number of nitrogens with one attached hydrogen (secondary N) is 1. The second-order valence-electron chi connectivity index (χ2n) is 7.42. The van der Waals surface area contributed by atoms with E-state index in [9.17, 15) is 10.1 Å². The smallest absolute Gasteiger partial charge is 0.269 e. The maximum atomic E-state index is 13.4. The van der Waals surface area contributed by atoms with Gasteiger partial charge in [-0.2, -0.15) is 15.5 Å². The number of aryl methyl sites for hydroxylation is 1. The molecule has 0 radical (unpaired) electrons. The van der Waals surface area contributed by atoms with Crippen molar-refractivity contribution in [1.29, 1.82) is 5.26 Å². The summed E-state index contributed by atoms with van der Waals surface area (Å²) < 4.78 is 0. The van der Waals surface area contributed by atoms with Crippen molar-refractivity contribution in [2.45, 2.75) is 12.3 Å². The van der Waals surface area contributed by atoms with E-state index < -0.39 is 5.37 Å². The summed E-state index contributed by atoms with van der Waals surface area (Å²) in [6.07, 6.45) is 0. The number of aromatic nitrogens is 2. The molecule has 2 heterocycles. The number of para-hydroxylation sites is 3. The van der Waals surface area contributed by atoms with E-state index in [0.29, 0.717) is 22.2 Å². The highest BCUT2D eigenvalue weighted by Crippen LogP contribution is 2.43. The highest BCUT2D eigenvalue weighted by Gasteiger charge is 2.40. The standard InChI is InChI=1S/C25H18N6OS/c1-16-11-13-17(14-12-16)29-30-23-24(32)31(18-7-3-2-4-8-18)25(33-23)19(15-26)22-27-20-9-5-6-10-21(20)28-22/h2-14,23H,1H3,(H,27,28)/b25-19+,30-29?. The molecule has 1 aromatic heterocycles. The van der Waals surface area contributed by atoms with Crippen LogP contribution < -0.4 is 4.90 Å². The summed E-state index contributed by atoms with van der Waals surface area (Å²) >= 11 is 1.19. The van der Waals surface area contributed by atoms with Gasteiger partial charge in [0.1, 0.15) is 16.7 Å². The number of rotatable bonds is 4. The number of aromatic amines is 1. The predicted molar refractivity (Wildman–Crippen MR) is 130 cm³/mol. The molecule has 1 aliphatic rings. The van der Waals surface area contributed by atoms with Crippen LogP contribution >= 0.6 is 11.8 Å². The molecular weight excluding hydrogens is 432 g/mol. The molecule has 8 heteroatoms. The van der Waals surface area contributed by atoms with Crippen LogP contribution in [0.1, 0.15) is 11.4 Å². The molecular formula is C25H18N6OS. The zero-order valence-electron chi connectivity index (χ0n) is 17.6. The van der Waals surface area contributed by atoms with Crippen LogP contribution in [0.2, 0.25) is 0 Å². The molecule has 1 amide bonds. The molecule has 7 nitrogen and oxygen atoms in total. The summed E-state index contributed by atoms with van der Waals surface area (Å²) in [5.74, 6) is 0.145. The van der Waals surface area contributed by atoms with E-state index >= 15 is 0 Å². The monoisotopic (exact) mass is 450 g/mol. The van der Waals surface area contributed by atoms with Gasteiger partial charge in [-0.1, -0.05) is 59.8 Å². The van der Waals surface area contributed by atoms with Crippen LogP contribution in [-0.4, -0.2) is 21.2 Å². The Balaban J connectivity index is 1.59. The molecule has 1 atom stereocenters. The summed E-state index contributed by atoms with van der Waals surface area (Å²) in [7, 11) is 0. The van der Waals surface area contributed by atoms with E-state index in [2.05, 4.69) is 26.3 Å². The topological polar surface area (TPSA) is 97.5 Å². The number of amides is 1. The van der Waals surface area contributed by atoms with Gasteiger partial charge >= 0.3 is 0 Å². The van der Waals surface area contributed by atoms with Crippen LogP contribution in [0.4, 0.5) is 11.4 Å². The molecule has 1 unspecified atom stereocenters. The summed E-state index contributed by atoms with van der Waals surface area (Å²) in [5.41, 5.74) is 4.28. The Bertz CT molecular complexity index is 1400. The van der Waals surface area contributed by atoms with E-state index in [-0.39, 0.29) is 11.5 Å². The zero-order valence-corrected chi connectivity index (χ0v) is 18.5. The number of hydrogen-bond acceptors (Lipinski definition) is 6. The number of benzene rings is 3. The Morgan fingerprint density at radius 3 is 2.52 bits per heavy atom. The molecule has 1 fully saturated rings. The van der Waals surface area contributed by atoms with Gasteiger partial charge in [-0.15, -0.1) is 0 Å². The fourth-order valence-corrected chi connectivity index (χ4v) is 4.56. The Morgan fingerprint density at radius 2 is 1.79 bits per heavy atom. The largest absolute Gasteiger partial charge is 0.337 e. The number of fused-ring (bicyclic) bond motifs is 1. The number of nitriles is 1. The van der Waals surface area contributed by atoms with Crippen molar-refractivity contribution in [3.05, 3.63) is 95.3 Å². The van der Waals surface area contributed by atoms with Gasteiger partial charge < -0.3 is 4.98 Å². The van der Waals surface area contributed by atoms with Crippen LogP contribution in [0.15, 0.2) is 94.1 Å². The van der Waals surface area contributed by atoms with Crippen LogP contribution in [0.3, 0.4) is 0 Å². The molecule has 33 heavy (non-hydrogen) atoms. The summed E-state index contributed by atoms with van der Waals surface area (Å²) in [4.78, 5) is 22.7. The minimum atomic E-state index is -0.811. The number of carbonyl (C=O) groups is 1. The number of allylic oxidation sites excluding steroid dienone is 1. The highest BCUT2D eigenvalue weighted by atomic mass is 32.2. The molecule has 5 rings (SSSR count). The fraction of sp³-hybridized carbons (Fsp3) is 0.0800. The average Bonchev–Trinajstić information content (AvgIpc) is 3.41. The molecule has 1 aliphatic heterocycles. The lowest BCUT2D eigenvalue weighted by atomic mass is 10.2. The lowest BCUT2D eigenvalue weighted by Gasteiger charge is -2.17.